The summed E-state index contributed by atoms with van der Waals surface area (Å²) in [5.41, 5.74) is 10.2. The van der Waals surface area contributed by atoms with Crippen molar-refractivity contribution in [1.29, 1.82) is 0 Å². The minimum absolute atomic E-state index is 0.00759. The average Bonchev–Trinajstić information content (AvgIpc) is 2.67. The van der Waals surface area contributed by atoms with E-state index in [0.717, 1.165) is 6.42 Å². The zero-order valence-electron chi connectivity index (χ0n) is 7.12. The van der Waals surface area contributed by atoms with E-state index >= 15 is 0 Å². The molecule has 3 unspecified atom stereocenters. The monoisotopic (exact) mass is 170 g/mol. The van der Waals surface area contributed by atoms with Gasteiger partial charge in [-0.1, -0.05) is 6.92 Å². The van der Waals surface area contributed by atoms with E-state index in [1.165, 1.54) is 0 Å². The van der Waals surface area contributed by atoms with E-state index < -0.39 is 0 Å². The molecule has 4 N–H and O–H groups in total. The highest BCUT2D eigenvalue weighted by molar-refractivity contribution is 5.80. The van der Waals surface area contributed by atoms with Crippen LogP contribution in [-0.4, -0.2) is 11.8 Å². The second-order valence-corrected chi connectivity index (χ2v) is 3.54. The minimum Gasteiger partial charge on any atom is -0.369 e. The molecule has 0 radical (unpaired) electrons. The van der Waals surface area contributed by atoms with Crippen LogP contribution >= 0.6 is 0 Å². The van der Waals surface area contributed by atoms with Crippen molar-refractivity contribution >= 4 is 11.8 Å². The Morgan fingerprint density at radius 1 is 1.50 bits per heavy atom. The maximum atomic E-state index is 10.6. The van der Waals surface area contributed by atoms with Gasteiger partial charge < -0.3 is 11.5 Å². The SMILES string of the molecule is CC(CC1CC1C(N)=O)C(N)=O. The van der Waals surface area contributed by atoms with E-state index in [4.69, 9.17) is 11.5 Å². The smallest absolute Gasteiger partial charge is 0.220 e. The Labute approximate surface area is 71.3 Å². The van der Waals surface area contributed by atoms with E-state index in [9.17, 15) is 9.59 Å². The van der Waals surface area contributed by atoms with Gasteiger partial charge in [0, 0.05) is 11.8 Å². The van der Waals surface area contributed by atoms with Crippen LogP contribution in [0.1, 0.15) is 19.8 Å². The predicted octanol–water partition coefficient (Wildman–Crippen LogP) is -0.381. The van der Waals surface area contributed by atoms with Crippen LogP contribution in [0.3, 0.4) is 0 Å². The largest absolute Gasteiger partial charge is 0.369 e. The fourth-order valence-corrected chi connectivity index (χ4v) is 1.43. The van der Waals surface area contributed by atoms with Crippen molar-refractivity contribution in [1.82, 2.24) is 0 Å². The quantitative estimate of drug-likeness (QED) is 0.602. The van der Waals surface area contributed by atoms with Crippen molar-refractivity contribution in [2.24, 2.45) is 29.2 Å². The third kappa shape index (κ3) is 1.96. The average molecular weight is 170 g/mol. The number of carbonyl (C=O) groups is 2. The second kappa shape index (κ2) is 3.13. The lowest BCUT2D eigenvalue weighted by atomic mass is 10.0. The summed E-state index contributed by atoms with van der Waals surface area (Å²) in [7, 11) is 0. The molecule has 0 heterocycles. The molecule has 0 spiro atoms. The van der Waals surface area contributed by atoms with Gasteiger partial charge in [0.25, 0.3) is 0 Å². The molecule has 0 aliphatic heterocycles. The Balaban J connectivity index is 2.27. The van der Waals surface area contributed by atoms with Crippen LogP contribution in [0, 0.1) is 17.8 Å². The lowest BCUT2D eigenvalue weighted by Crippen LogP contribution is -2.22. The first-order valence-electron chi connectivity index (χ1n) is 4.11. The van der Waals surface area contributed by atoms with E-state index in [-0.39, 0.29) is 23.7 Å². The summed E-state index contributed by atoms with van der Waals surface area (Å²) in [4.78, 5) is 21.3. The molecule has 4 heteroatoms. The van der Waals surface area contributed by atoms with Crippen molar-refractivity contribution in [3.05, 3.63) is 0 Å². The Hall–Kier alpha value is -1.06. The first kappa shape index (κ1) is 9.03. The summed E-state index contributed by atoms with van der Waals surface area (Å²) in [6.45, 7) is 1.78. The summed E-state index contributed by atoms with van der Waals surface area (Å²) in [5.74, 6) is -0.405. The molecule has 0 aromatic heterocycles. The van der Waals surface area contributed by atoms with Crippen molar-refractivity contribution in [3.63, 3.8) is 0 Å². The van der Waals surface area contributed by atoms with Crippen molar-refractivity contribution in [2.75, 3.05) is 0 Å². The van der Waals surface area contributed by atoms with Gasteiger partial charge in [-0.15, -0.1) is 0 Å². The molecule has 12 heavy (non-hydrogen) atoms. The van der Waals surface area contributed by atoms with Crippen LogP contribution < -0.4 is 11.5 Å². The van der Waals surface area contributed by atoms with Gasteiger partial charge in [-0.3, -0.25) is 9.59 Å². The van der Waals surface area contributed by atoms with Crippen LogP contribution in [0.15, 0.2) is 0 Å². The molecule has 3 atom stereocenters. The summed E-state index contributed by atoms with van der Waals surface area (Å²) in [6.07, 6.45) is 1.52. The molecule has 1 aliphatic rings. The third-order valence-electron chi connectivity index (χ3n) is 2.43. The van der Waals surface area contributed by atoms with Gasteiger partial charge >= 0.3 is 0 Å². The van der Waals surface area contributed by atoms with E-state index in [1.54, 1.807) is 6.92 Å². The van der Waals surface area contributed by atoms with E-state index in [1.807, 2.05) is 0 Å². The van der Waals surface area contributed by atoms with Gasteiger partial charge in [0.1, 0.15) is 0 Å². The van der Waals surface area contributed by atoms with Gasteiger partial charge in [0.2, 0.25) is 11.8 Å². The molecule has 1 rings (SSSR count). The topological polar surface area (TPSA) is 86.2 Å². The maximum Gasteiger partial charge on any atom is 0.220 e. The van der Waals surface area contributed by atoms with E-state index in [0.29, 0.717) is 12.3 Å². The molecular weight excluding hydrogens is 156 g/mol. The third-order valence-corrected chi connectivity index (χ3v) is 2.43. The van der Waals surface area contributed by atoms with Crippen LogP contribution in [0.2, 0.25) is 0 Å². The van der Waals surface area contributed by atoms with Crippen molar-refractivity contribution in [3.8, 4) is 0 Å². The van der Waals surface area contributed by atoms with Gasteiger partial charge in [0.15, 0.2) is 0 Å². The summed E-state index contributed by atoms with van der Waals surface area (Å²) in [5, 5.41) is 0. The van der Waals surface area contributed by atoms with Crippen molar-refractivity contribution < 1.29 is 9.59 Å². The van der Waals surface area contributed by atoms with Crippen LogP contribution in [0.25, 0.3) is 0 Å². The number of nitrogens with two attached hydrogens (primary N) is 2. The molecule has 2 amide bonds. The molecule has 0 aromatic rings. The highest BCUT2D eigenvalue weighted by atomic mass is 16.1. The molecule has 0 bridgehead atoms. The fraction of sp³-hybridized carbons (Fsp3) is 0.750. The highest BCUT2D eigenvalue weighted by Gasteiger charge is 2.42. The second-order valence-electron chi connectivity index (χ2n) is 3.54. The van der Waals surface area contributed by atoms with Crippen LogP contribution in [0.5, 0.6) is 0 Å². The lowest BCUT2D eigenvalue weighted by Gasteiger charge is -2.04. The van der Waals surface area contributed by atoms with Crippen molar-refractivity contribution in [2.45, 2.75) is 19.8 Å². The molecule has 0 saturated heterocycles. The Bertz CT molecular complexity index is 215. The number of hydrogen-bond acceptors (Lipinski definition) is 2. The lowest BCUT2D eigenvalue weighted by molar-refractivity contribution is -0.122. The Morgan fingerprint density at radius 2 is 2.08 bits per heavy atom. The normalized spacial score (nSPS) is 29.4. The number of hydrogen-bond donors (Lipinski definition) is 2. The van der Waals surface area contributed by atoms with Gasteiger partial charge in [0.05, 0.1) is 0 Å². The van der Waals surface area contributed by atoms with Crippen LogP contribution in [0.4, 0.5) is 0 Å². The zero-order chi connectivity index (χ0) is 9.30. The van der Waals surface area contributed by atoms with Crippen LogP contribution in [-0.2, 0) is 9.59 Å². The molecule has 1 aliphatic carbocycles. The number of rotatable bonds is 4. The van der Waals surface area contributed by atoms with Gasteiger partial charge in [-0.05, 0) is 18.8 Å². The Kier molecular flexibility index (Phi) is 2.35. The molecule has 68 valence electrons. The zero-order valence-corrected chi connectivity index (χ0v) is 7.12. The first-order valence-corrected chi connectivity index (χ1v) is 4.11. The van der Waals surface area contributed by atoms with E-state index in [2.05, 4.69) is 0 Å². The molecular formula is C8H14N2O2. The summed E-state index contributed by atoms with van der Waals surface area (Å²) >= 11 is 0. The fourth-order valence-electron chi connectivity index (χ4n) is 1.43. The first-order chi connectivity index (χ1) is 5.52. The standard InChI is InChI=1S/C8H14N2O2/c1-4(7(9)11)2-5-3-6(5)8(10)12/h4-6H,2-3H2,1H3,(H2,9,11)(H2,10,12). The summed E-state index contributed by atoms with van der Waals surface area (Å²) < 4.78 is 0. The Morgan fingerprint density at radius 3 is 2.42 bits per heavy atom. The highest BCUT2D eigenvalue weighted by Crippen LogP contribution is 2.42. The minimum atomic E-state index is -0.301. The molecule has 4 nitrogen and oxygen atoms in total. The number of amides is 2. The summed E-state index contributed by atoms with van der Waals surface area (Å²) in [6, 6.07) is 0. The maximum absolute atomic E-state index is 10.6. The number of primary amides is 2. The molecule has 1 fully saturated rings. The molecule has 0 aromatic carbocycles. The predicted molar refractivity (Wildman–Crippen MR) is 43.8 cm³/mol. The number of carbonyl (C=O) groups excluding carboxylic acids is 2. The van der Waals surface area contributed by atoms with Gasteiger partial charge in [-0.2, -0.15) is 0 Å². The molecule has 1 saturated carbocycles. The van der Waals surface area contributed by atoms with Gasteiger partial charge in [-0.25, -0.2) is 0 Å².